The highest BCUT2D eigenvalue weighted by molar-refractivity contribution is 5.73. The molecule has 1 atom stereocenters. The van der Waals surface area contributed by atoms with Gasteiger partial charge >= 0.3 is 5.97 Å². The van der Waals surface area contributed by atoms with Crippen molar-refractivity contribution in [2.24, 2.45) is 5.92 Å². The van der Waals surface area contributed by atoms with Crippen LogP contribution in [0.4, 0.5) is 0 Å². The fourth-order valence-electron chi connectivity index (χ4n) is 2.36. The molecule has 5 nitrogen and oxygen atoms in total. The average molecular weight is 243 g/mol. The number of carboxylic acid groups (broad SMARTS) is 1. The van der Waals surface area contributed by atoms with Gasteiger partial charge in [-0.05, 0) is 53.0 Å². The Bertz CT molecular complexity index is 240. The molecule has 1 saturated heterocycles. The van der Waals surface area contributed by atoms with E-state index in [1.807, 2.05) is 7.05 Å². The average Bonchev–Trinajstić information content (AvgIpc) is 2.28. The Morgan fingerprint density at radius 3 is 2.59 bits per heavy atom. The van der Waals surface area contributed by atoms with Crippen molar-refractivity contribution in [2.75, 3.05) is 47.3 Å². The molecule has 0 spiro atoms. The monoisotopic (exact) mass is 243 g/mol. The van der Waals surface area contributed by atoms with Crippen LogP contribution in [-0.4, -0.2) is 74.2 Å². The first kappa shape index (κ1) is 14.4. The van der Waals surface area contributed by atoms with E-state index in [4.69, 9.17) is 5.11 Å². The lowest BCUT2D eigenvalue weighted by Crippen LogP contribution is -2.45. The van der Waals surface area contributed by atoms with Crippen molar-refractivity contribution in [3.8, 4) is 0 Å². The summed E-state index contributed by atoms with van der Waals surface area (Å²) >= 11 is 0. The van der Waals surface area contributed by atoms with Crippen molar-refractivity contribution in [2.45, 2.75) is 18.9 Å². The minimum absolute atomic E-state index is 0.466. The maximum Gasteiger partial charge on any atom is 0.322 e. The van der Waals surface area contributed by atoms with E-state index < -0.39 is 12.0 Å². The summed E-state index contributed by atoms with van der Waals surface area (Å²) in [5, 5.41) is 11.8. The van der Waals surface area contributed by atoms with Crippen LogP contribution in [0.25, 0.3) is 0 Å². The summed E-state index contributed by atoms with van der Waals surface area (Å²) in [6, 6.07) is -0.466. The summed E-state index contributed by atoms with van der Waals surface area (Å²) in [4.78, 5) is 15.4. The van der Waals surface area contributed by atoms with Gasteiger partial charge in [0.15, 0.2) is 0 Å². The van der Waals surface area contributed by atoms with Gasteiger partial charge < -0.3 is 20.2 Å². The number of rotatable bonds is 6. The van der Waals surface area contributed by atoms with Gasteiger partial charge in [0.2, 0.25) is 0 Å². The van der Waals surface area contributed by atoms with E-state index in [2.05, 4.69) is 22.2 Å². The third-order valence-corrected chi connectivity index (χ3v) is 3.55. The van der Waals surface area contributed by atoms with Crippen LogP contribution in [0.15, 0.2) is 0 Å². The van der Waals surface area contributed by atoms with Crippen LogP contribution in [0.5, 0.6) is 0 Å². The van der Waals surface area contributed by atoms with E-state index in [9.17, 15) is 4.79 Å². The van der Waals surface area contributed by atoms with Crippen LogP contribution < -0.4 is 5.32 Å². The van der Waals surface area contributed by atoms with Crippen LogP contribution in [0, 0.1) is 5.92 Å². The number of likely N-dealkylation sites (N-methyl/N-ethyl adjacent to an activating group) is 2. The molecule has 17 heavy (non-hydrogen) atoms. The Labute approximate surface area is 104 Å². The van der Waals surface area contributed by atoms with Gasteiger partial charge in [0.1, 0.15) is 6.04 Å². The van der Waals surface area contributed by atoms with E-state index in [0.717, 1.165) is 19.6 Å². The highest BCUT2D eigenvalue weighted by atomic mass is 16.4. The third kappa shape index (κ3) is 5.02. The summed E-state index contributed by atoms with van der Waals surface area (Å²) in [6.07, 6.45) is 2.44. The number of aliphatic carboxylic acids is 1. The lowest BCUT2D eigenvalue weighted by molar-refractivity contribution is -0.139. The van der Waals surface area contributed by atoms with Gasteiger partial charge in [-0.3, -0.25) is 4.79 Å². The quantitative estimate of drug-likeness (QED) is 0.684. The fraction of sp³-hybridized carbons (Fsp3) is 0.917. The second-order valence-corrected chi connectivity index (χ2v) is 5.15. The standard InChI is InChI=1S/C12H25N3O2/c1-13-11(12(16)17)9-15(3)8-10-4-6-14(2)7-5-10/h10-11,13H,4-9H2,1-3H3,(H,16,17). The van der Waals surface area contributed by atoms with Crippen LogP contribution in [0.3, 0.4) is 0 Å². The van der Waals surface area contributed by atoms with Crippen molar-refractivity contribution in [3.05, 3.63) is 0 Å². The Balaban J connectivity index is 2.28. The van der Waals surface area contributed by atoms with Crippen molar-refractivity contribution in [1.82, 2.24) is 15.1 Å². The molecule has 0 amide bonds. The molecule has 1 rings (SSSR count). The number of carbonyl (C=O) groups is 1. The first-order valence-electron chi connectivity index (χ1n) is 6.30. The molecule has 2 N–H and O–H groups in total. The van der Waals surface area contributed by atoms with Crippen LogP contribution in [-0.2, 0) is 4.79 Å². The number of carboxylic acids is 1. The van der Waals surface area contributed by atoms with Crippen molar-refractivity contribution in [1.29, 1.82) is 0 Å². The molecule has 0 radical (unpaired) electrons. The van der Waals surface area contributed by atoms with Crippen LogP contribution in [0.1, 0.15) is 12.8 Å². The zero-order valence-electron chi connectivity index (χ0n) is 11.1. The van der Waals surface area contributed by atoms with Gasteiger partial charge in [0.25, 0.3) is 0 Å². The van der Waals surface area contributed by atoms with E-state index in [1.54, 1.807) is 7.05 Å². The Hall–Kier alpha value is -0.650. The number of nitrogens with zero attached hydrogens (tertiary/aromatic N) is 2. The van der Waals surface area contributed by atoms with E-state index in [-0.39, 0.29) is 0 Å². The Morgan fingerprint density at radius 1 is 1.53 bits per heavy atom. The molecule has 0 aromatic carbocycles. The lowest BCUT2D eigenvalue weighted by atomic mass is 9.96. The van der Waals surface area contributed by atoms with Gasteiger partial charge in [0.05, 0.1) is 0 Å². The second-order valence-electron chi connectivity index (χ2n) is 5.15. The molecule has 1 unspecified atom stereocenters. The molecule has 1 heterocycles. The van der Waals surface area contributed by atoms with E-state index >= 15 is 0 Å². The fourth-order valence-corrected chi connectivity index (χ4v) is 2.36. The number of likely N-dealkylation sites (tertiary alicyclic amines) is 1. The minimum atomic E-state index is -0.775. The number of hydrogen-bond acceptors (Lipinski definition) is 4. The summed E-state index contributed by atoms with van der Waals surface area (Å²) in [5.74, 6) is -0.0646. The molecule has 0 aromatic rings. The van der Waals surface area contributed by atoms with E-state index in [0.29, 0.717) is 12.5 Å². The molecule has 1 aliphatic rings. The van der Waals surface area contributed by atoms with Gasteiger partial charge in [0, 0.05) is 13.1 Å². The largest absolute Gasteiger partial charge is 0.480 e. The zero-order chi connectivity index (χ0) is 12.8. The van der Waals surface area contributed by atoms with Gasteiger partial charge in [-0.25, -0.2) is 0 Å². The molecule has 1 fully saturated rings. The summed E-state index contributed by atoms with van der Waals surface area (Å²) < 4.78 is 0. The summed E-state index contributed by atoms with van der Waals surface area (Å²) in [5.41, 5.74) is 0. The minimum Gasteiger partial charge on any atom is -0.480 e. The number of piperidine rings is 1. The number of nitrogens with one attached hydrogen (secondary N) is 1. The smallest absolute Gasteiger partial charge is 0.322 e. The molecule has 1 aliphatic heterocycles. The maximum absolute atomic E-state index is 10.9. The predicted octanol–water partition coefficient (Wildman–Crippen LogP) is -0.0674. The third-order valence-electron chi connectivity index (χ3n) is 3.55. The van der Waals surface area contributed by atoms with Crippen LogP contribution in [0.2, 0.25) is 0 Å². The zero-order valence-corrected chi connectivity index (χ0v) is 11.1. The molecular weight excluding hydrogens is 218 g/mol. The highest BCUT2D eigenvalue weighted by Crippen LogP contribution is 2.16. The number of hydrogen-bond donors (Lipinski definition) is 2. The first-order valence-corrected chi connectivity index (χ1v) is 6.30. The van der Waals surface area contributed by atoms with Gasteiger partial charge in [-0.2, -0.15) is 0 Å². The molecule has 0 saturated carbocycles. The highest BCUT2D eigenvalue weighted by Gasteiger charge is 2.21. The Kier molecular flexibility index (Phi) is 5.88. The van der Waals surface area contributed by atoms with Gasteiger partial charge in [-0.15, -0.1) is 0 Å². The normalized spacial score (nSPS) is 20.7. The molecule has 0 bridgehead atoms. The molecule has 0 aliphatic carbocycles. The molecular formula is C12H25N3O2. The Morgan fingerprint density at radius 2 is 2.12 bits per heavy atom. The summed E-state index contributed by atoms with van der Waals surface area (Å²) in [7, 11) is 5.86. The first-order chi connectivity index (χ1) is 8.02. The molecule has 0 aromatic heterocycles. The predicted molar refractivity (Wildman–Crippen MR) is 68.2 cm³/mol. The van der Waals surface area contributed by atoms with Gasteiger partial charge in [-0.1, -0.05) is 0 Å². The SMILES string of the molecule is CNC(CN(C)CC1CCN(C)CC1)C(=O)O. The topological polar surface area (TPSA) is 55.8 Å². The summed E-state index contributed by atoms with van der Waals surface area (Å²) in [6.45, 7) is 3.89. The van der Waals surface area contributed by atoms with E-state index in [1.165, 1.54) is 12.8 Å². The lowest BCUT2D eigenvalue weighted by Gasteiger charge is -2.32. The maximum atomic E-state index is 10.9. The van der Waals surface area contributed by atoms with Crippen molar-refractivity contribution >= 4 is 5.97 Å². The molecule has 100 valence electrons. The van der Waals surface area contributed by atoms with Crippen LogP contribution >= 0.6 is 0 Å². The van der Waals surface area contributed by atoms with Crippen molar-refractivity contribution in [3.63, 3.8) is 0 Å². The second kappa shape index (κ2) is 6.93. The molecule has 5 heteroatoms. The van der Waals surface area contributed by atoms with Crippen molar-refractivity contribution < 1.29 is 9.90 Å².